The highest BCUT2D eigenvalue weighted by Crippen LogP contribution is 2.18. The van der Waals surface area contributed by atoms with Gasteiger partial charge in [0.1, 0.15) is 0 Å². The number of hydrogen-bond donors (Lipinski definition) is 1. The Kier molecular flexibility index (Phi) is 5.58. The van der Waals surface area contributed by atoms with Crippen molar-refractivity contribution in [2.24, 2.45) is 5.92 Å². The molecule has 1 aliphatic heterocycles. The van der Waals surface area contributed by atoms with Crippen molar-refractivity contribution in [2.75, 3.05) is 19.6 Å². The number of nitrogens with one attached hydrogen (secondary N) is 1. The highest BCUT2D eigenvalue weighted by Gasteiger charge is 2.24. The van der Waals surface area contributed by atoms with E-state index < -0.39 is 10.0 Å². The summed E-state index contributed by atoms with van der Waals surface area (Å²) in [6.45, 7) is 5.58. The Hall–Kier alpha value is -1.40. The second-order valence-corrected chi connectivity index (χ2v) is 7.63. The van der Waals surface area contributed by atoms with Gasteiger partial charge in [0.05, 0.1) is 4.90 Å². The number of carbonyl (C=O) groups excluding carboxylic acids is 1. The average Bonchev–Trinajstić information content (AvgIpc) is 2.53. The normalized spacial score (nSPS) is 19.2. The molecule has 122 valence electrons. The third-order valence-corrected chi connectivity index (χ3v) is 5.51. The smallest absolute Gasteiger partial charge is 0.240 e. The SMILES string of the molecule is CCC(=O)N1CCC[C@@H](CNS(=O)(=O)c2ccc(C)cc2)C1. The molecular weight excluding hydrogens is 300 g/mol. The summed E-state index contributed by atoms with van der Waals surface area (Å²) in [7, 11) is -3.47. The van der Waals surface area contributed by atoms with Gasteiger partial charge in [-0.05, 0) is 37.8 Å². The van der Waals surface area contributed by atoms with Crippen molar-refractivity contribution in [2.45, 2.75) is 38.0 Å². The van der Waals surface area contributed by atoms with Gasteiger partial charge in [0.15, 0.2) is 0 Å². The van der Waals surface area contributed by atoms with Crippen LogP contribution in [-0.4, -0.2) is 38.9 Å². The maximum Gasteiger partial charge on any atom is 0.240 e. The lowest BCUT2D eigenvalue weighted by molar-refractivity contribution is -0.132. The average molecular weight is 324 g/mol. The van der Waals surface area contributed by atoms with Crippen LogP contribution in [0.1, 0.15) is 31.7 Å². The number of likely N-dealkylation sites (tertiary alicyclic amines) is 1. The molecule has 0 spiro atoms. The van der Waals surface area contributed by atoms with Crippen LogP contribution in [0.25, 0.3) is 0 Å². The molecule has 0 aliphatic carbocycles. The first kappa shape index (κ1) is 17.0. The summed E-state index contributed by atoms with van der Waals surface area (Å²) in [4.78, 5) is 13.9. The molecule has 1 saturated heterocycles. The predicted octanol–water partition coefficient (Wildman–Crippen LogP) is 1.92. The molecule has 0 saturated carbocycles. The van der Waals surface area contributed by atoms with Gasteiger partial charge in [0.2, 0.25) is 15.9 Å². The van der Waals surface area contributed by atoms with Crippen LogP contribution >= 0.6 is 0 Å². The van der Waals surface area contributed by atoms with Gasteiger partial charge >= 0.3 is 0 Å². The molecule has 0 radical (unpaired) electrons. The monoisotopic (exact) mass is 324 g/mol. The van der Waals surface area contributed by atoms with E-state index in [2.05, 4.69) is 4.72 Å². The van der Waals surface area contributed by atoms with Crippen molar-refractivity contribution < 1.29 is 13.2 Å². The lowest BCUT2D eigenvalue weighted by Crippen LogP contribution is -2.43. The van der Waals surface area contributed by atoms with E-state index in [1.807, 2.05) is 18.7 Å². The summed E-state index contributed by atoms with van der Waals surface area (Å²) >= 11 is 0. The summed E-state index contributed by atoms with van der Waals surface area (Å²) in [6, 6.07) is 6.81. The largest absolute Gasteiger partial charge is 0.342 e. The van der Waals surface area contributed by atoms with E-state index in [9.17, 15) is 13.2 Å². The standard InChI is InChI=1S/C16H24N2O3S/c1-3-16(19)18-10-4-5-14(12-18)11-17-22(20,21)15-8-6-13(2)7-9-15/h6-9,14,17H,3-5,10-12H2,1-2H3/t14-/m0/s1. The van der Waals surface area contributed by atoms with Gasteiger partial charge in [0, 0.05) is 26.1 Å². The van der Waals surface area contributed by atoms with Crippen molar-refractivity contribution in [1.82, 2.24) is 9.62 Å². The molecule has 0 bridgehead atoms. The Morgan fingerprint density at radius 1 is 1.32 bits per heavy atom. The molecule has 1 amide bonds. The molecule has 1 heterocycles. The van der Waals surface area contributed by atoms with E-state index in [-0.39, 0.29) is 16.7 Å². The van der Waals surface area contributed by atoms with Gasteiger partial charge in [-0.25, -0.2) is 13.1 Å². The van der Waals surface area contributed by atoms with Crippen molar-refractivity contribution in [3.8, 4) is 0 Å². The minimum atomic E-state index is -3.47. The molecule has 0 aromatic heterocycles. The Bertz CT molecular complexity index is 611. The fraction of sp³-hybridized carbons (Fsp3) is 0.562. The third-order valence-electron chi connectivity index (χ3n) is 4.07. The second kappa shape index (κ2) is 7.24. The van der Waals surface area contributed by atoms with Crippen LogP contribution < -0.4 is 4.72 Å². The molecule has 6 heteroatoms. The molecule has 2 rings (SSSR count). The van der Waals surface area contributed by atoms with E-state index in [0.29, 0.717) is 19.5 Å². The Labute approximate surface area is 132 Å². The number of sulfonamides is 1. The molecule has 1 aromatic rings. The van der Waals surface area contributed by atoms with E-state index in [1.54, 1.807) is 24.3 Å². The zero-order chi connectivity index (χ0) is 16.2. The highest BCUT2D eigenvalue weighted by atomic mass is 32.2. The fourth-order valence-electron chi connectivity index (χ4n) is 2.71. The Morgan fingerprint density at radius 3 is 2.64 bits per heavy atom. The summed E-state index contributed by atoms with van der Waals surface area (Å²) in [6.07, 6.45) is 2.38. The summed E-state index contributed by atoms with van der Waals surface area (Å²) in [5.41, 5.74) is 1.03. The quantitative estimate of drug-likeness (QED) is 0.900. The Balaban J connectivity index is 1.94. The lowest BCUT2D eigenvalue weighted by atomic mass is 9.98. The molecule has 1 aromatic carbocycles. The Morgan fingerprint density at radius 2 is 2.00 bits per heavy atom. The summed E-state index contributed by atoms with van der Waals surface area (Å²) in [5, 5.41) is 0. The van der Waals surface area contributed by atoms with Crippen molar-refractivity contribution in [1.29, 1.82) is 0 Å². The van der Waals surface area contributed by atoms with Crippen molar-refractivity contribution >= 4 is 15.9 Å². The van der Waals surface area contributed by atoms with Crippen LogP contribution in [0.5, 0.6) is 0 Å². The number of aryl methyl sites for hydroxylation is 1. The molecular formula is C16H24N2O3S. The highest BCUT2D eigenvalue weighted by molar-refractivity contribution is 7.89. The predicted molar refractivity (Wildman–Crippen MR) is 86.0 cm³/mol. The lowest BCUT2D eigenvalue weighted by Gasteiger charge is -2.32. The molecule has 1 N–H and O–H groups in total. The topological polar surface area (TPSA) is 66.5 Å². The fourth-order valence-corrected chi connectivity index (χ4v) is 3.83. The minimum absolute atomic E-state index is 0.145. The third kappa shape index (κ3) is 4.30. The zero-order valence-corrected chi connectivity index (χ0v) is 14.0. The number of piperidine rings is 1. The van der Waals surface area contributed by atoms with Crippen LogP contribution in [0.3, 0.4) is 0 Å². The summed E-state index contributed by atoms with van der Waals surface area (Å²) < 4.78 is 27.2. The molecule has 22 heavy (non-hydrogen) atoms. The van der Waals surface area contributed by atoms with Crippen LogP contribution in [0, 0.1) is 12.8 Å². The molecule has 1 atom stereocenters. The second-order valence-electron chi connectivity index (χ2n) is 5.87. The first-order valence-electron chi connectivity index (χ1n) is 7.76. The summed E-state index contributed by atoms with van der Waals surface area (Å²) in [5.74, 6) is 0.329. The maximum absolute atomic E-state index is 12.3. The van der Waals surface area contributed by atoms with Gasteiger partial charge in [-0.15, -0.1) is 0 Å². The first-order chi connectivity index (χ1) is 10.4. The van der Waals surface area contributed by atoms with Crippen LogP contribution in [0.4, 0.5) is 0 Å². The van der Waals surface area contributed by atoms with Gasteiger partial charge in [-0.3, -0.25) is 4.79 Å². The number of rotatable bonds is 5. The number of benzene rings is 1. The molecule has 1 fully saturated rings. The van der Waals surface area contributed by atoms with Crippen LogP contribution in [0.15, 0.2) is 29.2 Å². The van der Waals surface area contributed by atoms with Gasteiger partial charge in [-0.1, -0.05) is 24.6 Å². The van der Waals surface area contributed by atoms with Crippen molar-refractivity contribution in [3.05, 3.63) is 29.8 Å². The number of amides is 1. The van der Waals surface area contributed by atoms with E-state index in [1.165, 1.54) is 0 Å². The molecule has 0 unspecified atom stereocenters. The van der Waals surface area contributed by atoms with Gasteiger partial charge in [-0.2, -0.15) is 0 Å². The van der Waals surface area contributed by atoms with Crippen LogP contribution in [0.2, 0.25) is 0 Å². The van der Waals surface area contributed by atoms with Gasteiger partial charge < -0.3 is 4.90 Å². The van der Waals surface area contributed by atoms with E-state index in [0.717, 1.165) is 24.9 Å². The number of nitrogens with zero attached hydrogens (tertiary/aromatic N) is 1. The van der Waals surface area contributed by atoms with Gasteiger partial charge in [0.25, 0.3) is 0 Å². The first-order valence-corrected chi connectivity index (χ1v) is 9.25. The number of hydrogen-bond acceptors (Lipinski definition) is 3. The van der Waals surface area contributed by atoms with Crippen molar-refractivity contribution in [3.63, 3.8) is 0 Å². The zero-order valence-electron chi connectivity index (χ0n) is 13.2. The minimum Gasteiger partial charge on any atom is -0.342 e. The van der Waals surface area contributed by atoms with E-state index >= 15 is 0 Å². The van der Waals surface area contributed by atoms with Crippen LogP contribution in [-0.2, 0) is 14.8 Å². The molecule has 5 nitrogen and oxygen atoms in total. The number of carbonyl (C=O) groups is 1. The van der Waals surface area contributed by atoms with E-state index in [4.69, 9.17) is 0 Å². The molecule has 1 aliphatic rings. The maximum atomic E-state index is 12.3.